The molecule has 1 aliphatic carbocycles. The molecule has 30 heavy (non-hydrogen) atoms. The van der Waals surface area contributed by atoms with Gasteiger partial charge in [-0.25, -0.2) is 4.98 Å². The summed E-state index contributed by atoms with van der Waals surface area (Å²) in [6, 6.07) is 31.7. The fourth-order valence-corrected chi connectivity index (χ4v) is 4.74. The van der Waals surface area contributed by atoms with E-state index in [2.05, 4.69) is 82.5 Å². The van der Waals surface area contributed by atoms with Crippen LogP contribution in [0.4, 0.5) is 0 Å². The lowest BCUT2D eigenvalue weighted by molar-refractivity contribution is 0.317. The summed E-state index contributed by atoms with van der Waals surface area (Å²) >= 11 is 0. The average molecular weight is 393 g/mol. The van der Waals surface area contributed by atoms with Crippen molar-refractivity contribution in [1.82, 2.24) is 9.55 Å². The predicted molar refractivity (Wildman–Crippen MR) is 118 cm³/mol. The summed E-state index contributed by atoms with van der Waals surface area (Å²) in [7, 11) is 0. The zero-order valence-electron chi connectivity index (χ0n) is 16.6. The second-order valence-electron chi connectivity index (χ2n) is 7.62. The van der Waals surface area contributed by atoms with E-state index in [1.807, 2.05) is 24.5 Å². The van der Waals surface area contributed by atoms with Crippen LogP contribution in [0.5, 0.6) is 0 Å². The lowest BCUT2D eigenvalue weighted by atomic mass is 9.76. The molecule has 1 aromatic heterocycles. The Morgan fingerprint density at radius 3 is 1.70 bits per heavy atom. The third-order valence-corrected chi connectivity index (χ3v) is 6.02. The monoisotopic (exact) mass is 393 g/mol. The summed E-state index contributed by atoms with van der Waals surface area (Å²) < 4.78 is 2.28. The van der Waals surface area contributed by atoms with Gasteiger partial charge < -0.3 is 9.77 Å². The van der Waals surface area contributed by atoms with Crippen molar-refractivity contribution in [2.75, 3.05) is 0 Å². The second-order valence-corrected chi connectivity index (χ2v) is 7.62. The molecular formula is C26H23N3O. The predicted octanol–water partition coefficient (Wildman–Crippen LogP) is 5.24. The normalized spacial score (nSPS) is 15.1. The number of oxime groups is 1. The maximum absolute atomic E-state index is 9.54. The quantitative estimate of drug-likeness (QED) is 0.293. The van der Waals surface area contributed by atoms with E-state index >= 15 is 0 Å². The molecule has 0 amide bonds. The maximum atomic E-state index is 9.54. The first-order chi connectivity index (χ1) is 14.9. The number of nitrogens with zero attached hydrogens (tertiary/aromatic N) is 3. The van der Waals surface area contributed by atoms with Crippen molar-refractivity contribution in [2.24, 2.45) is 5.16 Å². The van der Waals surface area contributed by atoms with Crippen LogP contribution < -0.4 is 0 Å². The van der Waals surface area contributed by atoms with Crippen LogP contribution >= 0.6 is 0 Å². The number of fused-ring (bicyclic) bond motifs is 1. The summed E-state index contributed by atoms with van der Waals surface area (Å²) in [4.78, 5) is 4.72. The molecule has 5 rings (SSSR count). The zero-order chi connectivity index (χ0) is 20.4. The average Bonchev–Trinajstić information content (AvgIpc) is 3.26. The molecule has 1 aliphatic rings. The zero-order valence-corrected chi connectivity index (χ0v) is 16.6. The van der Waals surface area contributed by atoms with E-state index in [1.54, 1.807) is 0 Å². The third-order valence-electron chi connectivity index (χ3n) is 6.02. The van der Waals surface area contributed by atoms with Gasteiger partial charge in [-0.3, -0.25) is 0 Å². The Labute approximate surface area is 176 Å². The highest BCUT2D eigenvalue weighted by Crippen LogP contribution is 2.42. The van der Waals surface area contributed by atoms with Crippen LogP contribution in [0, 0.1) is 0 Å². The molecule has 1 heterocycles. The van der Waals surface area contributed by atoms with Crippen molar-refractivity contribution in [3.8, 4) is 0 Å². The van der Waals surface area contributed by atoms with Crippen LogP contribution in [0.25, 0.3) is 0 Å². The molecule has 0 fully saturated rings. The van der Waals surface area contributed by atoms with E-state index in [-0.39, 0.29) is 0 Å². The van der Waals surface area contributed by atoms with Gasteiger partial charge in [-0.1, -0.05) is 96.2 Å². The number of hydrogen-bond donors (Lipinski definition) is 1. The SMILES string of the molecule is ON=C1CCCc2c1ncn2C(c1ccccc1)(c1ccccc1)c1ccccc1. The van der Waals surface area contributed by atoms with Crippen LogP contribution in [0.15, 0.2) is 102 Å². The van der Waals surface area contributed by atoms with Gasteiger partial charge in [0.25, 0.3) is 0 Å². The van der Waals surface area contributed by atoms with Crippen molar-refractivity contribution in [1.29, 1.82) is 0 Å². The van der Waals surface area contributed by atoms with Crippen LogP contribution in [-0.4, -0.2) is 20.5 Å². The van der Waals surface area contributed by atoms with Gasteiger partial charge in [-0.15, -0.1) is 0 Å². The Bertz CT molecular complexity index is 1070. The van der Waals surface area contributed by atoms with Crippen molar-refractivity contribution in [2.45, 2.75) is 24.8 Å². The minimum atomic E-state index is -0.581. The van der Waals surface area contributed by atoms with Crippen molar-refractivity contribution < 1.29 is 5.21 Å². The Hall–Kier alpha value is -3.66. The Morgan fingerprint density at radius 2 is 1.23 bits per heavy atom. The molecule has 1 N–H and O–H groups in total. The number of hydrogen-bond acceptors (Lipinski definition) is 3. The summed E-state index contributed by atoms with van der Waals surface area (Å²) in [6.07, 6.45) is 4.48. The molecular weight excluding hydrogens is 370 g/mol. The molecule has 3 aromatic carbocycles. The van der Waals surface area contributed by atoms with E-state index in [4.69, 9.17) is 4.98 Å². The molecule has 0 bridgehead atoms. The fraction of sp³-hybridized carbons (Fsp3) is 0.154. The van der Waals surface area contributed by atoms with E-state index in [0.29, 0.717) is 5.71 Å². The number of aromatic nitrogens is 2. The standard InChI is InChI=1S/C26H23N3O/c30-28-23-17-10-18-24-25(23)27-19-29(24)26(20-11-4-1-5-12-20,21-13-6-2-7-14-21)22-15-8-3-9-16-22/h1-9,11-16,19,30H,10,17-18H2. The van der Waals surface area contributed by atoms with E-state index < -0.39 is 5.54 Å². The Kier molecular flexibility index (Phi) is 4.68. The maximum Gasteiger partial charge on any atom is 0.121 e. The van der Waals surface area contributed by atoms with Gasteiger partial charge in [0, 0.05) is 5.69 Å². The molecule has 148 valence electrons. The van der Waals surface area contributed by atoms with Gasteiger partial charge in [0.1, 0.15) is 16.9 Å². The molecule has 4 heteroatoms. The lowest BCUT2D eigenvalue weighted by Gasteiger charge is -2.39. The van der Waals surface area contributed by atoms with Gasteiger partial charge >= 0.3 is 0 Å². The second kappa shape index (κ2) is 7.64. The summed E-state index contributed by atoms with van der Waals surface area (Å²) in [5.74, 6) is 0. The lowest BCUT2D eigenvalue weighted by Crippen LogP contribution is -2.39. The fourth-order valence-electron chi connectivity index (χ4n) is 4.74. The largest absolute Gasteiger partial charge is 0.411 e. The van der Waals surface area contributed by atoms with Crippen LogP contribution in [0.3, 0.4) is 0 Å². The van der Waals surface area contributed by atoms with E-state index in [9.17, 15) is 5.21 Å². The molecule has 0 saturated carbocycles. The van der Waals surface area contributed by atoms with Gasteiger partial charge in [-0.05, 0) is 36.0 Å². The molecule has 0 spiro atoms. The summed E-state index contributed by atoms with van der Waals surface area (Å²) in [6.45, 7) is 0. The summed E-state index contributed by atoms with van der Waals surface area (Å²) in [5.41, 5.74) is 5.48. The van der Waals surface area contributed by atoms with E-state index in [0.717, 1.165) is 47.3 Å². The first kappa shape index (κ1) is 18.4. The van der Waals surface area contributed by atoms with Crippen LogP contribution in [0.2, 0.25) is 0 Å². The topological polar surface area (TPSA) is 50.4 Å². The molecule has 0 radical (unpaired) electrons. The van der Waals surface area contributed by atoms with Crippen molar-refractivity contribution in [3.63, 3.8) is 0 Å². The molecule has 0 aliphatic heterocycles. The highest BCUT2D eigenvalue weighted by molar-refractivity contribution is 6.00. The van der Waals surface area contributed by atoms with Gasteiger partial charge in [0.2, 0.25) is 0 Å². The first-order valence-electron chi connectivity index (χ1n) is 10.3. The summed E-state index contributed by atoms with van der Waals surface area (Å²) in [5, 5.41) is 13.1. The van der Waals surface area contributed by atoms with Crippen LogP contribution in [-0.2, 0) is 12.0 Å². The molecule has 4 aromatic rings. The molecule has 0 unspecified atom stereocenters. The smallest absolute Gasteiger partial charge is 0.121 e. The number of rotatable bonds is 4. The first-order valence-corrected chi connectivity index (χ1v) is 10.3. The number of benzene rings is 3. The minimum Gasteiger partial charge on any atom is -0.411 e. The molecule has 0 saturated heterocycles. The highest BCUT2D eigenvalue weighted by Gasteiger charge is 2.41. The molecule has 0 atom stereocenters. The van der Waals surface area contributed by atoms with Crippen molar-refractivity contribution in [3.05, 3.63) is 125 Å². The molecule has 4 nitrogen and oxygen atoms in total. The minimum absolute atomic E-state index is 0.581. The Morgan fingerprint density at radius 1 is 0.733 bits per heavy atom. The number of imidazole rings is 1. The van der Waals surface area contributed by atoms with Gasteiger partial charge in [0.05, 0.1) is 6.33 Å². The van der Waals surface area contributed by atoms with E-state index in [1.165, 1.54) is 0 Å². The third kappa shape index (κ3) is 2.76. The Balaban J connectivity index is 1.90. The van der Waals surface area contributed by atoms with Gasteiger partial charge in [-0.2, -0.15) is 0 Å². The van der Waals surface area contributed by atoms with Gasteiger partial charge in [0.15, 0.2) is 0 Å². The van der Waals surface area contributed by atoms with Crippen molar-refractivity contribution >= 4 is 5.71 Å². The van der Waals surface area contributed by atoms with Crippen LogP contribution in [0.1, 0.15) is 40.9 Å². The highest BCUT2D eigenvalue weighted by atomic mass is 16.4.